The van der Waals surface area contributed by atoms with Gasteiger partial charge in [0.15, 0.2) is 0 Å². The Labute approximate surface area is 121 Å². The van der Waals surface area contributed by atoms with Crippen LogP contribution >= 0.6 is 0 Å². The molecule has 1 aliphatic carbocycles. The van der Waals surface area contributed by atoms with Crippen LogP contribution < -0.4 is 0 Å². The minimum Gasteiger partial charge on any atom is -0.478 e. The minimum absolute atomic E-state index is 0.00651. The molecule has 0 amide bonds. The maximum Gasteiger partial charge on any atom is 0.336 e. The molecule has 0 fully saturated rings. The molecule has 106 valence electrons. The van der Waals surface area contributed by atoms with Gasteiger partial charge in [-0.25, -0.2) is 9.59 Å². The Bertz CT molecular complexity index is 787. The lowest BCUT2D eigenvalue weighted by molar-refractivity contribution is 0.0696. The highest BCUT2D eigenvalue weighted by Gasteiger charge is 2.38. The zero-order chi connectivity index (χ0) is 15.4. The van der Waals surface area contributed by atoms with E-state index in [1.807, 2.05) is 38.1 Å². The van der Waals surface area contributed by atoms with Crippen molar-refractivity contribution in [1.29, 1.82) is 0 Å². The predicted octanol–water partition coefficient (Wildman–Crippen LogP) is 3.39. The van der Waals surface area contributed by atoms with Crippen molar-refractivity contribution in [3.8, 4) is 11.1 Å². The van der Waals surface area contributed by atoms with Gasteiger partial charge in [-0.1, -0.05) is 38.1 Å². The quantitative estimate of drug-likeness (QED) is 0.885. The third-order valence-corrected chi connectivity index (χ3v) is 4.16. The molecular formula is C17H14O4. The second kappa shape index (κ2) is 4.19. The summed E-state index contributed by atoms with van der Waals surface area (Å²) in [6, 6.07) is 10.4. The van der Waals surface area contributed by atoms with E-state index in [0.717, 1.165) is 16.7 Å². The van der Waals surface area contributed by atoms with Gasteiger partial charge in [0.25, 0.3) is 0 Å². The molecule has 4 heteroatoms. The fourth-order valence-electron chi connectivity index (χ4n) is 3.11. The van der Waals surface area contributed by atoms with Gasteiger partial charge < -0.3 is 10.2 Å². The van der Waals surface area contributed by atoms with E-state index in [1.165, 1.54) is 6.07 Å². The number of carboxylic acid groups (broad SMARTS) is 2. The first-order chi connectivity index (χ1) is 9.84. The molecule has 0 radical (unpaired) electrons. The van der Waals surface area contributed by atoms with Gasteiger partial charge in [0, 0.05) is 11.0 Å². The third-order valence-electron chi connectivity index (χ3n) is 4.16. The summed E-state index contributed by atoms with van der Waals surface area (Å²) in [6.45, 7) is 3.96. The summed E-state index contributed by atoms with van der Waals surface area (Å²) >= 11 is 0. The number of benzene rings is 2. The number of aromatic carboxylic acids is 2. The standard InChI is InChI=1S/C17H14O4/c1-17(2)12-6-4-3-5-10(12)14-11(16(20)21)7-9(15(18)19)8-13(14)17/h3-8H,1-2H3,(H,18,19)(H,20,21). The second-order valence-corrected chi connectivity index (χ2v) is 5.73. The Morgan fingerprint density at radius 2 is 1.62 bits per heavy atom. The fourth-order valence-corrected chi connectivity index (χ4v) is 3.11. The largest absolute Gasteiger partial charge is 0.478 e. The maximum atomic E-state index is 11.6. The molecule has 0 saturated carbocycles. The molecule has 3 rings (SSSR count). The van der Waals surface area contributed by atoms with E-state index in [9.17, 15) is 19.8 Å². The summed E-state index contributed by atoms with van der Waals surface area (Å²) < 4.78 is 0. The first kappa shape index (κ1) is 13.4. The van der Waals surface area contributed by atoms with Gasteiger partial charge in [-0.15, -0.1) is 0 Å². The molecule has 2 aromatic rings. The molecule has 0 aliphatic heterocycles. The first-order valence-electron chi connectivity index (χ1n) is 6.59. The smallest absolute Gasteiger partial charge is 0.336 e. The molecule has 1 aliphatic rings. The molecule has 0 bridgehead atoms. The number of fused-ring (bicyclic) bond motifs is 3. The lowest BCUT2D eigenvalue weighted by atomic mass is 9.81. The van der Waals surface area contributed by atoms with Gasteiger partial charge in [-0.3, -0.25) is 0 Å². The van der Waals surface area contributed by atoms with Crippen LogP contribution in [-0.2, 0) is 5.41 Å². The molecule has 0 aromatic heterocycles. The van der Waals surface area contributed by atoms with Gasteiger partial charge in [0.1, 0.15) is 0 Å². The molecule has 21 heavy (non-hydrogen) atoms. The second-order valence-electron chi connectivity index (χ2n) is 5.73. The van der Waals surface area contributed by atoms with Crippen molar-refractivity contribution in [2.75, 3.05) is 0 Å². The van der Waals surface area contributed by atoms with Crippen LogP contribution in [0.4, 0.5) is 0 Å². The normalized spacial score (nSPS) is 14.4. The van der Waals surface area contributed by atoms with Crippen molar-refractivity contribution in [2.24, 2.45) is 0 Å². The molecule has 0 spiro atoms. The zero-order valence-corrected chi connectivity index (χ0v) is 11.7. The summed E-state index contributed by atoms with van der Waals surface area (Å²) in [5.74, 6) is -2.23. The van der Waals surface area contributed by atoms with Crippen molar-refractivity contribution in [3.05, 3.63) is 58.7 Å². The molecule has 0 heterocycles. The van der Waals surface area contributed by atoms with Crippen LogP contribution in [0.15, 0.2) is 36.4 Å². The summed E-state index contributed by atoms with van der Waals surface area (Å²) in [5.41, 5.74) is 2.91. The van der Waals surface area contributed by atoms with Gasteiger partial charge in [-0.05, 0) is 28.8 Å². The van der Waals surface area contributed by atoms with E-state index in [4.69, 9.17) is 0 Å². The molecule has 0 saturated heterocycles. The monoisotopic (exact) mass is 282 g/mol. The molecule has 0 unspecified atom stereocenters. The summed E-state index contributed by atoms with van der Waals surface area (Å²) in [7, 11) is 0. The van der Waals surface area contributed by atoms with E-state index < -0.39 is 17.4 Å². The van der Waals surface area contributed by atoms with Crippen LogP contribution in [0.2, 0.25) is 0 Å². The van der Waals surface area contributed by atoms with Crippen molar-refractivity contribution in [1.82, 2.24) is 0 Å². The summed E-state index contributed by atoms with van der Waals surface area (Å²) in [5, 5.41) is 18.7. The third kappa shape index (κ3) is 1.76. The lowest BCUT2D eigenvalue weighted by Crippen LogP contribution is -2.16. The Balaban J connectivity index is 2.44. The van der Waals surface area contributed by atoms with Crippen molar-refractivity contribution in [3.63, 3.8) is 0 Å². The summed E-state index contributed by atoms with van der Waals surface area (Å²) in [6.07, 6.45) is 0. The highest BCUT2D eigenvalue weighted by Crippen LogP contribution is 2.50. The average Bonchev–Trinajstić information content (AvgIpc) is 2.67. The Morgan fingerprint density at radius 3 is 2.24 bits per heavy atom. The maximum absolute atomic E-state index is 11.6. The number of carbonyl (C=O) groups is 2. The zero-order valence-electron chi connectivity index (χ0n) is 11.7. The highest BCUT2D eigenvalue weighted by molar-refractivity contribution is 6.03. The van der Waals surface area contributed by atoms with E-state index in [2.05, 4.69) is 0 Å². The van der Waals surface area contributed by atoms with Crippen LogP contribution in [0, 0.1) is 0 Å². The van der Waals surface area contributed by atoms with Gasteiger partial charge in [0.2, 0.25) is 0 Å². The molecule has 4 nitrogen and oxygen atoms in total. The van der Waals surface area contributed by atoms with E-state index in [-0.39, 0.29) is 11.1 Å². The lowest BCUT2D eigenvalue weighted by Gasteiger charge is -2.21. The van der Waals surface area contributed by atoms with Gasteiger partial charge in [-0.2, -0.15) is 0 Å². The number of rotatable bonds is 2. The van der Waals surface area contributed by atoms with Crippen LogP contribution in [-0.4, -0.2) is 22.2 Å². The number of carboxylic acids is 2. The van der Waals surface area contributed by atoms with Crippen LogP contribution in [0.25, 0.3) is 11.1 Å². The van der Waals surface area contributed by atoms with Crippen LogP contribution in [0.3, 0.4) is 0 Å². The van der Waals surface area contributed by atoms with Gasteiger partial charge >= 0.3 is 11.9 Å². The fraction of sp³-hybridized carbons (Fsp3) is 0.176. The Morgan fingerprint density at radius 1 is 0.952 bits per heavy atom. The van der Waals surface area contributed by atoms with E-state index >= 15 is 0 Å². The minimum atomic E-state index is -1.12. The van der Waals surface area contributed by atoms with Crippen molar-refractivity contribution in [2.45, 2.75) is 19.3 Å². The van der Waals surface area contributed by atoms with Crippen LogP contribution in [0.5, 0.6) is 0 Å². The molecule has 2 N–H and O–H groups in total. The van der Waals surface area contributed by atoms with E-state index in [1.54, 1.807) is 6.07 Å². The Kier molecular flexibility index (Phi) is 2.66. The van der Waals surface area contributed by atoms with Crippen molar-refractivity contribution < 1.29 is 19.8 Å². The SMILES string of the molecule is CC1(C)c2ccccc2-c2c(C(=O)O)cc(C(=O)O)cc21. The van der Waals surface area contributed by atoms with E-state index in [0.29, 0.717) is 5.56 Å². The average molecular weight is 282 g/mol. The topological polar surface area (TPSA) is 74.6 Å². The summed E-state index contributed by atoms with van der Waals surface area (Å²) in [4.78, 5) is 22.8. The van der Waals surface area contributed by atoms with Crippen LogP contribution in [0.1, 0.15) is 45.7 Å². The highest BCUT2D eigenvalue weighted by atomic mass is 16.4. The number of hydrogen-bond acceptors (Lipinski definition) is 2. The molecule has 0 atom stereocenters. The van der Waals surface area contributed by atoms with Gasteiger partial charge in [0.05, 0.1) is 11.1 Å². The Hall–Kier alpha value is -2.62. The molecular weight excluding hydrogens is 268 g/mol. The predicted molar refractivity (Wildman–Crippen MR) is 77.9 cm³/mol. The molecule has 2 aromatic carbocycles. The number of hydrogen-bond donors (Lipinski definition) is 2. The van der Waals surface area contributed by atoms with Crippen molar-refractivity contribution >= 4 is 11.9 Å². The first-order valence-corrected chi connectivity index (χ1v) is 6.59.